The zero-order valence-electron chi connectivity index (χ0n) is 11.0. The molecule has 2 aromatic rings. The van der Waals surface area contributed by atoms with Gasteiger partial charge in [0, 0.05) is 37.9 Å². The molecule has 0 radical (unpaired) electrons. The van der Waals surface area contributed by atoms with Crippen LogP contribution in [0.3, 0.4) is 0 Å². The molecule has 19 heavy (non-hydrogen) atoms. The lowest BCUT2D eigenvalue weighted by molar-refractivity contribution is 0.0993. The van der Waals surface area contributed by atoms with Gasteiger partial charge in [0.15, 0.2) is 0 Å². The summed E-state index contributed by atoms with van der Waals surface area (Å²) >= 11 is 0. The van der Waals surface area contributed by atoms with Crippen molar-refractivity contribution >= 4 is 17.4 Å². The summed E-state index contributed by atoms with van der Waals surface area (Å²) < 4.78 is 0. The first-order valence-electron chi connectivity index (χ1n) is 6.11. The predicted molar refractivity (Wildman–Crippen MR) is 75.4 cm³/mol. The van der Waals surface area contributed by atoms with Gasteiger partial charge in [0.25, 0.3) is 5.91 Å². The number of carbonyl (C=O) groups excluding carboxylic acids is 1. The van der Waals surface area contributed by atoms with E-state index < -0.39 is 0 Å². The first-order chi connectivity index (χ1) is 9.24. The molecule has 5 nitrogen and oxygen atoms in total. The van der Waals surface area contributed by atoms with Gasteiger partial charge in [-0.25, -0.2) is 4.98 Å². The minimum atomic E-state index is -0.102. The monoisotopic (exact) mass is 256 g/mol. The molecule has 0 atom stereocenters. The molecule has 0 aliphatic carbocycles. The predicted octanol–water partition coefficient (Wildman–Crippen LogP) is 2.18. The molecule has 0 unspecified atom stereocenters. The summed E-state index contributed by atoms with van der Waals surface area (Å²) in [6, 6.07) is 7.11. The van der Waals surface area contributed by atoms with Gasteiger partial charge in [0.2, 0.25) is 0 Å². The molecule has 2 heterocycles. The van der Waals surface area contributed by atoms with E-state index in [9.17, 15) is 4.79 Å². The zero-order valence-corrected chi connectivity index (χ0v) is 11.0. The third-order valence-electron chi connectivity index (χ3n) is 2.74. The van der Waals surface area contributed by atoms with Gasteiger partial charge in [0.1, 0.15) is 5.82 Å². The average molecular weight is 256 g/mol. The Labute approximate surface area is 112 Å². The summed E-state index contributed by atoms with van der Waals surface area (Å²) in [5, 5.41) is 3.09. The Balaban J connectivity index is 2.29. The van der Waals surface area contributed by atoms with Gasteiger partial charge in [-0.15, -0.1) is 0 Å². The first kappa shape index (κ1) is 13.0. The van der Waals surface area contributed by atoms with Crippen molar-refractivity contribution in [1.29, 1.82) is 0 Å². The van der Waals surface area contributed by atoms with Crippen molar-refractivity contribution in [2.75, 3.05) is 23.8 Å². The number of nitrogens with one attached hydrogen (secondary N) is 1. The Hall–Kier alpha value is -2.43. The molecule has 0 aliphatic rings. The van der Waals surface area contributed by atoms with Crippen LogP contribution in [0.25, 0.3) is 0 Å². The van der Waals surface area contributed by atoms with Gasteiger partial charge in [-0.05, 0) is 31.2 Å². The van der Waals surface area contributed by atoms with Crippen molar-refractivity contribution in [2.45, 2.75) is 6.92 Å². The van der Waals surface area contributed by atoms with E-state index in [1.54, 1.807) is 54.8 Å². The maximum Gasteiger partial charge on any atom is 0.261 e. The molecule has 1 amide bonds. The molecule has 2 aromatic heterocycles. The van der Waals surface area contributed by atoms with E-state index in [0.29, 0.717) is 11.4 Å². The minimum absolute atomic E-state index is 0.102. The fourth-order valence-corrected chi connectivity index (χ4v) is 1.75. The number of hydrogen-bond donors (Lipinski definition) is 1. The second-order valence-corrected chi connectivity index (χ2v) is 4.00. The number of hydrogen-bond acceptors (Lipinski definition) is 4. The van der Waals surface area contributed by atoms with Crippen LogP contribution in [0.4, 0.5) is 11.5 Å². The van der Waals surface area contributed by atoms with E-state index in [4.69, 9.17) is 0 Å². The van der Waals surface area contributed by atoms with Gasteiger partial charge in [-0.1, -0.05) is 0 Å². The van der Waals surface area contributed by atoms with Crippen LogP contribution in [0.2, 0.25) is 0 Å². The van der Waals surface area contributed by atoms with Crippen molar-refractivity contribution in [3.63, 3.8) is 0 Å². The van der Waals surface area contributed by atoms with E-state index >= 15 is 0 Å². The zero-order chi connectivity index (χ0) is 13.7. The Morgan fingerprint density at radius 1 is 1.26 bits per heavy atom. The second-order valence-electron chi connectivity index (χ2n) is 4.00. The average Bonchev–Trinajstić information content (AvgIpc) is 2.47. The number of anilines is 2. The lowest BCUT2D eigenvalue weighted by Crippen LogP contribution is -2.27. The van der Waals surface area contributed by atoms with Crippen LogP contribution in [0, 0.1) is 0 Å². The molecule has 98 valence electrons. The van der Waals surface area contributed by atoms with Gasteiger partial charge in [0.05, 0.1) is 5.56 Å². The highest BCUT2D eigenvalue weighted by molar-refractivity contribution is 6.08. The summed E-state index contributed by atoms with van der Waals surface area (Å²) in [6.45, 7) is 2.69. The molecule has 5 heteroatoms. The molecule has 1 N–H and O–H groups in total. The third kappa shape index (κ3) is 2.88. The second kappa shape index (κ2) is 5.95. The number of aromatic nitrogens is 2. The van der Waals surface area contributed by atoms with E-state index in [1.165, 1.54) is 0 Å². The molecule has 0 aliphatic heterocycles. The molecule has 2 rings (SSSR count). The number of amides is 1. The SMILES string of the molecule is CCNc1ncccc1C(=O)N(C)c1ccncc1. The maximum atomic E-state index is 12.5. The van der Waals surface area contributed by atoms with Crippen LogP contribution >= 0.6 is 0 Å². The van der Waals surface area contributed by atoms with Crippen LogP contribution in [0.5, 0.6) is 0 Å². The lowest BCUT2D eigenvalue weighted by atomic mass is 10.2. The molecular weight excluding hydrogens is 240 g/mol. The molecule has 0 saturated heterocycles. The van der Waals surface area contributed by atoms with Crippen LogP contribution in [0.15, 0.2) is 42.9 Å². The van der Waals surface area contributed by atoms with E-state index in [-0.39, 0.29) is 5.91 Å². The van der Waals surface area contributed by atoms with Gasteiger partial charge in [-0.2, -0.15) is 0 Å². The van der Waals surface area contributed by atoms with E-state index in [0.717, 1.165) is 12.2 Å². The van der Waals surface area contributed by atoms with Crippen molar-refractivity contribution in [3.8, 4) is 0 Å². The highest BCUT2D eigenvalue weighted by Gasteiger charge is 2.17. The fraction of sp³-hybridized carbons (Fsp3) is 0.214. The molecule has 0 bridgehead atoms. The quantitative estimate of drug-likeness (QED) is 0.911. The Morgan fingerprint density at radius 3 is 2.68 bits per heavy atom. The number of pyridine rings is 2. The fourth-order valence-electron chi connectivity index (χ4n) is 1.75. The minimum Gasteiger partial charge on any atom is -0.370 e. The summed E-state index contributed by atoms with van der Waals surface area (Å²) in [5.74, 6) is 0.506. The number of rotatable bonds is 4. The van der Waals surface area contributed by atoms with Gasteiger partial charge >= 0.3 is 0 Å². The molecule has 0 fully saturated rings. The Morgan fingerprint density at radius 2 is 2.00 bits per heavy atom. The van der Waals surface area contributed by atoms with Crippen LogP contribution in [-0.2, 0) is 0 Å². The number of nitrogens with zero attached hydrogens (tertiary/aromatic N) is 3. The Bertz CT molecular complexity index is 556. The molecule has 0 saturated carbocycles. The molecule has 0 spiro atoms. The van der Waals surface area contributed by atoms with Crippen molar-refractivity contribution in [1.82, 2.24) is 9.97 Å². The lowest BCUT2D eigenvalue weighted by Gasteiger charge is -2.18. The molecular formula is C14H16N4O. The summed E-state index contributed by atoms with van der Waals surface area (Å²) in [7, 11) is 1.74. The standard InChI is InChI=1S/C14H16N4O/c1-3-16-13-12(5-4-8-17-13)14(19)18(2)11-6-9-15-10-7-11/h4-10H,3H2,1-2H3,(H,16,17). The largest absolute Gasteiger partial charge is 0.370 e. The summed E-state index contributed by atoms with van der Waals surface area (Å²) in [4.78, 5) is 22.2. The van der Waals surface area contributed by atoms with Crippen molar-refractivity contribution < 1.29 is 4.79 Å². The smallest absolute Gasteiger partial charge is 0.261 e. The number of carbonyl (C=O) groups is 1. The third-order valence-corrected chi connectivity index (χ3v) is 2.74. The van der Waals surface area contributed by atoms with Crippen molar-refractivity contribution in [2.24, 2.45) is 0 Å². The van der Waals surface area contributed by atoms with E-state index in [2.05, 4.69) is 15.3 Å². The molecule has 0 aromatic carbocycles. The maximum absolute atomic E-state index is 12.5. The van der Waals surface area contributed by atoms with Crippen LogP contribution in [0.1, 0.15) is 17.3 Å². The van der Waals surface area contributed by atoms with Crippen molar-refractivity contribution in [3.05, 3.63) is 48.4 Å². The normalized spacial score (nSPS) is 10.0. The Kier molecular flexibility index (Phi) is 4.07. The highest BCUT2D eigenvalue weighted by Crippen LogP contribution is 2.18. The topological polar surface area (TPSA) is 58.1 Å². The first-order valence-corrected chi connectivity index (χ1v) is 6.11. The van der Waals surface area contributed by atoms with Gasteiger partial charge < -0.3 is 10.2 Å². The summed E-state index contributed by atoms with van der Waals surface area (Å²) in [6.07, 6.45) is 4.99. The van der Waals surface area contributed by atoms with Crippen LogP contribution in [-0.4, -0.2) is 29.5 Å². The highest BCUT2D eigenvalue weighted by atomic mass is 16.2. The summed E-state index contributed by atoms with van der Waals surface area (Å²) in [5.41, 5.74) is 1.36. The van der Waals surface area contributed by atoms with Gasteiger partial charge in [-0.3, -0.25) is 9.78 Å². The van der Waals surface area contributed by atoms with Crippen LogP contribution < -0.4 is 10.2 Å². The van der Waals surface area contributed by atoms with E-state index in [1.807, 2.05) is 6.92 Å².